The molecular weight excluding hydrogens is 522 g/mol. The quantitative estimate of drug-likeness (QED) is 0.338. The lowest BCUT2D eigenvalue weighted by Crippen LogP contribution is -2.54. The number of anilines is 1. The highest BCUT2D eigenvalue weighted by molar-refractivity contribution is 7.92. The molecule has 1 aliphatic rings. The Kier molecular flexibility index (Phi) is 9.98. The molecule has 1 saturated carbocycles. The fourth-order valence-electron chi connectivity index (χ4n) is 5.20. The summed E-state index contributed by atoms with van der Waals surface area (Å²) in [6, 6.07) is 24.1. The third kappa shape index (κ3) is 7.30. The van der Waals surface area contributed by atoms with Crippen LogP contribution >= 0.6 is 0 Å². The van der Waals surface area contributed by atoms with Crippen molar-refractivity contribution in [3.63, 3.8) is 0 Å². The fraction of sp³-hybridized carbons (Fsp3) is 0.375. The number of nitrogens with one attached hydrogen (secondary N) is 1. The molecule has 3 aromatic rings. The molecule has 0 aliphatic heterocycles. The van der Waals surface area contributed by atoms with Crippen LogP contribution in [0.5, 0.6) is 0 Å². The molecule has 0 unspecified atom stereocenters. The van der Waals surface area contributed by atoms with E-state index in [1.807, 2.05) is 44.2 Å². The van der Waals surface area contributed by atoms with Crippen LogP contribution in [-0.2, 0) is 26.2 Å². The first kappa shape index (κ1) is 29.3. The number of benzene rings is 3. The van der Waals surface area contributed by atoms with Gasteiger partial charge in [0.05, 0.1) is 10.6 Å². The van der Waals surface area contributed by atoms with Gasteiger partial charge < -0.3 is 10.2 Å². The van der Waals surface area contributed by atoms with Crippen LogP contribution in [0, 0.1) is 6.92 Å². The van der Waals surface area contributed by atoms with Crippen LogP contribution in [0.15, 0.2) is 89.8 Å². The predicted molar refractivity (Wildman–Crippen MR) is 158 cm³/mol. The van der Waals surface area contributed by atoms with Crippen LogP contribution in [0.25, 0.3) is 0 Å². The molecule has 7 nitrogen and oxygen atoms in total. The van der Waals surface area contributed by atoms with Gasteiger partial charge in [-0.1, -0.05) is 92.4 Å². The Balaban J connectivity index is 1.67. The maximum atomic E-state index is 14.1. The SMILES string of the molecule is CC[C@H](C(=O)NC1CCCCC1)N(Cc1ccccc1)C(=O)CN(c1ccccc1)S(=O)(=O)c1ccc(C)cc1. The van der Waals surface area contributed by atoms with Gasteiger partial charge >= 0.3 is 0 Å². The molecule has 1 fully saturated rings. The number of carbonyl (C=O) groups is 2. The van der Waals surface area contributed by atoms with Gasteiger partial charge in [0.15, 0.2) is 0 Å². The monoisotopic (exact) mass is 561 g/mol. The van der Waals surface area contributed by atoms with E-state index in [4.69, 9.17) is 0 Å². The van der Waals surface area contributed by atoms with E-state index < -0.39 is 28.5 Å². The topological polar surface area (TPSA) is 86.8 Å². The smallest absolute Gasteiger partial charge is 0.264 e. The van der Waals surface area contributed by atoms with Crippen molar-refractivity contribution in [1.82, 2.24) is 10.2 Å². The van der Waals surface area contributed by atoms with E-state index >= 15 is 0 Å². The summed E-state index contributed by atoms with van der Waals surface area (Å²) in [5.74, 6) is -0.625. The Morgan fingerprint density at radius 2 is 1.48 bits per heavy atom. The third-order valence-corrected chi connectivity index (χ3v) is 9.25. The first-order valence-corrected chi connectivity index (χ1v) is 15.5. The number of nitrogens with zero attached hydrogens (tertiary/aromatic N) is 2. The number of para-hydroxylation sites is 1. The zero-order valence-corrected chi connectivity index (χ0v) is 24.1. The van der Waals surface area contributed by atoms with Crippen molar-refractivity contribution in [3.8, 4) is 0 Å². The molecule has 2 amide bonds. The summed E-state index contributed by atoms with van der Waals surface area (Å²) < 4.78 is 28.9. The standard InChI is InChI=1S/C32H39N3O4S/c1-3-30(32(37)33-27-15-9-5-10-16-27)34(23-26-13-7-4-8-14-26)31(36)24-35(28-17-11-6-12-18-28)40(38,39)29-21-19-25(2)20-22-29/h4,6-8,11-14,17-22,27,30H,3,5,9-10,15-16,23-24H2,1-2H3,(H,33,37)/t30-/m1/s1. The molecular formula is C32H39N3O4S. The van der Waals surface area contributed by atoms with Gasteiger partial charge in [0.25, 0.3) is 10.0 Å². The summed E-state index contributed by atoms with van der Waals surface area (Å²) in [6.45, 7) is 3.54. The van der Waals surface area contributed by atoms with E-state index in [2.05, 4.69) is 5.32 Å². The van der Waals surface area contributed by atoms with E-state index in [0.29, 0.717) is 12.1 Å². The lowest BCUT2D eigenvalue weighted by Gasteiger charge is -2.34. The van der Waals surface area contributed by atoms with Crippen LogP contribution in [0.3, 0.4) is 0 Å². The first-order chi connectivity index (χ1) is 19.3. The van der Waals surface area contributed by atoms with E-state index in [9.17, 15) is 18.0 Å². The summed E-state index contributed by atoms with van der Waals surface area (Å²) in [5.41, 5.74) is 2.19. The van der Waals surface area contributed by atoms with Crippen LogP contribution in [-0.4, -0.2) is 43.8 Å². The van der Waals surface area contributed by atoms with Crippen molar-refractivity contribution in [1.29, 1.82) is 0 Å². The molecule has 0 spiro atoms. The predicted octanol–water partition coefficient (Wildman–Crippen LogP) is 5.45. The minimum Gasteiger partial charge on any atom is -0.352 e. The summed E-state index contributed by atoms with van der Waals surface area (Å²) in [4.78, 5) is 29.3. The second-order valence-electron chi connectivity index (χ2n) is 10.4. The van der Waals surface area contributed by atoms with Crippen LogP contribution in [0.4, 0.5) is 5.69 Å². The largest absolute Gasteiger partial charge is 0.352 e. The summed E-state index contributed by atoms with van der Waals surface area (Å²) in [7, 11) is -4.06. The molecule has 0 radical (unpaired) electrons. The number of hydrogen-bond donors (Lipinski definition) is 1. The molecule has 1 aliphatic carbocycles. The number of carbonyl (C=O) groups excluding carboxylic acids is 2. The normalized spacial score (nSPS) is 14.8. The summed E-state index contributed by atoms with van der Waals surface area (Å²) in [5, 5.41) is 3.17. The molecule has 8 heteroatoms. The number of hydrogen-bond acceptors (Lipinski definition) is 4. The Morgan fingerprint density at radius 3 is 2.08 bits per heavy atom. The zero-order chi connectivity index (χ0) is 28.5. The molecule has 0 bridgehead atoms. The first-order valence-electron chi connectivity index (χ1n) is 14.1. The Bertz CT molecular complexity index is 1360. The molecule has 0 aromatic heterocycles. The molecule has 4 rings (SSSR count). The molecule has 0 saturated heterocycles. The van der Waals surface area contributed by atoms with Crippen LogP contribution < -0.4 is 9.62 Å². The molecule has 1 atom stereocenters. The third-order valence-electron chi connectivity index (χ3n) is 7.47. The highest BCUT2D eigenvalue weighted by Gasteiger charge is 2.34. The Morgan fingerprint density at radius 1 is 0.875 bits per heavy atom. The number of amides is 2. The van der Waals surface area contributed by atoms with Gasteiger partial charge in [-0.2, -0.15) is 0 Å². The van der Waals surface area contributed by atoms with Crippen molar-refractivity contribution in [2.24, 2.45) is 0 Å². The van der Waals surface area contributed by atoms with Crippen LogP contribution in [0.2, 0.25) is 0 Å². The average molecular weight is 562 g/mol. The summed E-state index contributed by atoms with van der Waals surface area (Å²) >= 11 is 0. The van der Waals surface area contributed by atoms with Gasteiger partial charge in [-0.05, 0) is 56.0 Å². The highest BCUT2D eigenvalue weighted by Crippen LogP contribution is 2.25. The van der Waals surface area contributed by atoms with Gasteiger partial charge in [-0.25, -0.2) is 8.42 Å². The van der Waals surface area contributed by atoms with Gasteiger partial charge in [-0.15, -0.1) is 0 Å². The van der Waals surface area contributed by atoms with Crippen molar-refractivity contribution < 1.29 is 18.0 Å². The lowest BCUT2D eigenvalue weighted by atomic mass is 9.95. The summed E-state index contributed by atoms with van der Waals surface area (Å²) in [6.07, 6.45) is 5.62. The highest BCUT2D eigenvalue weighted by atomic mass is 32.2. The lowest BCUT2D eigenvalue weighted by molar-refractivity contribution is -0.140. The zero-order valence-electron chi connectivity index (χ0n) is 23.3. The second-order valence-corrected chi connectivity index (χ2v) is 12.3. The Hall–Kier alpha value is -3.65. The average Bonchev–Trinajstić information content (AvgIpc) is 2.97. The van der Waals surface area contributed by atoms with Gasteiger partial charge in [0.2, 0.25) is 11.8 Å². The van der Waals surface area contributed by atoms with E-state index in [0.717, 1.165) is 41.1 Å². The molecule has 0 heterocycles. The van der Waals surface area contributed by atoms with Crippen molar-refractivity contribution in [3.05, 3.63) is 96.1 Å². The van der Waals surface area contributed by atoms with Crippen LogP contribution in [0.1, 0.15) is 56.6 Å². The van der Waals surface area contributed by atoms with E-state index in [-0.39, 0.29) is 23.4 Å². The van der Waals surface area contributed by atoms with Gasteiger partial charge in [0, 0.05) is 12.6 Å². The minimum atomic E-state index is -4.06. The number of sulfonamides is 1. The Labute approximate surface area is 238 Å². The molecule has 1 N–H and O–H groups in total. The van der Waals surface area contributed by atoms with Crippen molar-refractivity contribution in [2.45, 2.75) is 75.9 Å². The van der Waals surface area contributed by atoms with Gasteiger partial charge in [-0.3, -0.25) is 13.9 Å². The number of rotatable bonds is 11. The maximum absolute atomic E-state index is 14.1. The van der Waals surface area contributed by atoms with Gasteiger partial charge in [0.1, 0.15) is 12.6 Å². The minimum absolute atomic E-state index is 0.103. The number of aryl methyl sites for hydroxylation is 1. The fourth-order valence-corrected chi connectivity index (χ4v) is 6.62. The van der Waals surface area contributed by atoms with Crippen molar-refractivity contribution >= 4 is 27.5 Å². The molecule has 40 heavy (non-hydrogen) atoms. The van der Waals surface area contributed by atoms with Crippen molar-refractivity contribution in [2.75, 3.05) is 10.8 Å². The molecule has 3 aromatic carbocycles. The van der Waals surface area contributed by atoms with E-state index in [1.165, 1.54) is 11.3 Å². The van der Waals surface area contributed by atoms with E-state index in [1.54, 1.807) is 54.6 Å². The second kappa shape index (κ2) is 13.6. The maximum Gasteiger partial charge on any atom is 0.264 e. The molecule has 212 valence electrons.